The van der Waals surface area contributed by atoms with Crippen molar-refractivity contribution in [3.63, 3.8) is 0 Å². The van der Waals surface area contributed by atoms with Gasteiger partial charge in [-0.05, 0) is 35.4 Å². The summed E-state index contributed by atoms with van der Waals surface area (Å²) in [6.45, 7) is 0. The first-order chi connectivity index (χ1) is 12.7. The fourth-order valence-corrected chi connectivity index (χ4v) is 3.07. The van der Waals surface area contributed by atoms with Crippen LogP contribution in [0.25, 0.3) is 0 Å². The zero-order valence-corrected chi connectivity index (χ0v) is 15.1. The van der Waals surface area contributed by atoms with Crippen LogP contribution in [0.2, 0.25) is 0 Å². The molecule has 1 N–H and O–H groups in total. The van der Waals surface area contributed by atoms with Gasteiger partial charge >= 0.3 is 0 Å². The predicted octanol–water partition coefficient (Wildman–Crippen LogP) is 4.55. The van der Waals surface area contributed by atoms with Crippen LogP contribution in [0.3, 0.4) is 0 Å². The first kappa shape index (κ1) is 17.7. The Balaban J connectivity index is 1.96. The van der Waals surface area contributed by atoms with E-state index in [0.717, 1.165) is 11.3 Å². The van der Waals surface area contributed by atoms with E-state index >= 15 is 0 Å². The van der Waals surface area contributed by atoms with Crippen molar-refractivity contribution >= 4 is 11.4 Å². The lowest BCUT2D eigenvalue weighted by atomic mass is 9.85. The lowest BCUT2D eigenvalue weighted by molar-refractivity contribution is 0.317. The second kappa shape index (κ2) is 8.30. The average Bonchev–Trinajstić information content (AvgIpc) is 2.70. The van der Waals surface area contributed by atoms with Crippen LogP contribution in [0, 0.1) is 0 Å². The molecule has 0 fully saturated rings. The van der Waals surface area contributed by atoms with Gasteiger partial charge in [0.2, 0.25) is 0 Å². The van der Waals surface area contributed by atoms with Crippen LogP contribution in [-0.4, -0.2) is 30.0 Å². The highest BCUT2D eigenvalue weighted by atomic mass is 16.4. The highest BCUT2D eigenvalue weighted by Crippen LogP contribution is 2.30. The van der Waals surface area contributed by atoms with Crippen molar-refractivity contribution < 1.29 is 5.21 Å². The number of hydrogen-bond acceptors (Lipinski definition) is 4. The maximum Gasteiger partial charge on any atom is 0.0878 e. The average molecular weight is 345 g/mol. The SMILES string of the molecule is CN(C)c1ccc(C(C/C(=N\O)c2ccncc2)c2ccccc2)cc1. The number of hydrogen-bond donors (Lipinski definition) is 1. The highest BCUT2D eigenvalue weighted by Gasteiger charge is 2.18. The van der Waals surface area contributed by atoms with E-state index in [0.29, 0.717) is 12.1 Å². The molecular formula is C22H23N3O. The van der Waals surface area contributed by atoms with Gasteiger partial charge in [0.25, 0.3) is 0 Å². The Hall–Kier alpha value is -3.14. The zero-order chi connectivity index (χ0) is 18.4. The molecule has 0 saturated heterocycles. The smallest absolute Gasteiger partial charge is 0.0878 e. The van der Waals surface area contributed by atoms with Crippen molar-refractivity contribution in [2.75, 3.05) is 19.0 Å². The molecule has 0 amide bonds. The molecule has 3 aromatic rings. The fourth-order valence-electron chi connectivity index (χ4n) is 3.07. The van der Waals surface area contributed by atoms with Gasteiger partial charge in [-0.1, -0.05) is 47.6 Å². The monoisotopic (exact) mass is 345 g/mol. The summed E-state index contributed by atoms with van der Waals surface area (Å²) in [6.07, 6.45) is 4.03. The van der Waals surface area contributed by atoms with Gasteiger partial charge in [0.05, 0.1) is 5.71 Å². The van der Waals surface area contributed by atoms with Crippen LogP contribution in [0.15, 0.2) is 84.3 Å². The second-order valence-electron chi connectivity index (χ2n) is 6.44. The summed E-state index contributed by atoms with van der Waals surface area (Å²) >= 11 is 0. The number of pyridine rings is 1. The Morgan fingerprint density at radius 2 is 1.54 bits per heavy atom. The van der Waals surface area contributed by atoms with Gasteiger partial charge in [-0.3, -0.25) is 4.98 Å². The summed E-state index contributed by atoms with van der Waals surface area (Å²) in [5.41, 5.74) is 5.08. The molecule has 1 aromatic heterocycles. The van der Waals surface area contributed by atoms with E-state index in [9.17, 15) is 5.21 Å². The topological polar surface area (TPSA) is 48.7 Å². The van der Waals surface area contributed by atoms with Crippen molar-refractivity contribution in [2.45, 2.75) is 12.3 Å². The molecule has 1 heterocycles. The summed E-state index contributed by atoms with van der Waals surface area (Å²) in [6, 6.07) is 22.6. The molecule has 1 unspecified atom stereocenters. The number of oxime groups is 1. The van der Waals surface area contributed by atoms with Crippen LogP contribution in [-0.2, 0) is 0 Å². The quantitative estimate of drug-likeness (QED) is 0.405. The summed E-state index contributed by atoms with van der Waals surface area (Å²) in [5, 5.41) is 13.2. The van der Waals surface area contributed by atoms with Gasteiger partial charge in [0.1, 0.15) is 0 Å². The minimum atomic E-state index is 0.103. The number of nitrogens with zero attached hydrogens (tertiary/aromatic N) is 3. The Labute approximate surface area is 154 Å². The molecule has 0 saturated carbocycles. The van der Waals surface area contributed by atoms with E-state index in [4.69, 9.17) is 0 Å². The molecule has 0 aliphatic heterocycles. The number of benzene rings is 2. The molecular weight excluding hydrogens is 322 g/mol. The van der Waals surface area contributed by atoms with Crippen LogP contribution < -0.4 is 4.90 Å². The molecule has 0 aliphatic rings. The van der Waals surface area contributed by atoms with Gasteiger partial charge in [-0.2, -0.15) is 0 Å². The Morgan fingerprint density at radius 3 is 2.12 bits per heavy atom. The largest absolute Gasteiger partial charge is 0.411 e. The minimum absolute atomic E-state index is 0.103. The van der Waals surface area contributed by atoms with E-state index in [2.05, 4.69) is 51.4 Å². The van der Waals surface area contributed by atoms with E-state index in [1.165, 1.54) is 11.1 Å². The second-order valence-corrected chi connectivity index (χ2v) is 6.44. The third kappa shape index (κ3) is 4.09. The molecule has 1 atom stereocenters. The Bertz CT molecular complexity index is 844. The van der Waals surface area contributed by atoms with E-state index in [1.54, 1.807) is 12.4 Å². The molecule has 26 heavy (non-hydrogen) atoms. The molecule has 0 spiro atoms. The van der Waals surface area contributed by atoms with E-state index in [1.807, 2.05) is 44.4 Å². The van der Waals surface area contributed by atoms with Gasteiger partial charge in [0, 0.05) is 50.1 Å². The van der Waals surface area contributed by atoms with Crippen molar-refractivity contribution in [2.24, 2.45) is 5.16 Å². The van der Waals surface area contributed by atoms with E-state index < -0.39 is 0 Å². The summed E-state index contributed by atoms with van der Waals surface area (Å²) in [5.74, 6) is 0.103. The normalized spacial score (nSPS) is 12.6. The van der Waals surface area contributed by atoms with Crippen LogP contribution in [0.4, 0.5) is 5.69 Å². The Morgan fingerprint density at radius 1 is 0.923 bits per heavy atom. The summed E-state index contributed by atoms with van der Waals surface area (Å²) < 4.78 is 0. The summed E-state index contributed by atoms with van der Waals surface area (Å²) in [7, 11) is 4.06. The standard InChI is InChI=1S/C22H23N3O/c1-25(2)20-10-8-18(9-11-20)21(17-6-4-3-5-7-17)16-22(24-26)19-12-14-23-15-13-19/h3-15,21,26H,16H2,1-2H3/b24-22+. The minimum Gasteiger partial charge on any atom is -0.411 e. The molecule has 0 bridgehead atoms. The molecule has 132 valence electrons. The molecule has 4 nitrogen and oxygen atoms in total. The number of aromatic nitrogens is 1. The zero-order valence-electron chi connectivity index (χ0n) is 15.1. The Kier molecular flexibility index (Phi) is 5.64. The third-order valence-electron chi connectivity index (χ3n) is 4.55. The molecule has 3 rings (SSSR count). The maximum absolute atomic E-state index is 9.60. The first-order valence-electron chi connectivity index (χ1n) is 8.62. The lowest BCUT2D eigenvalue weighted by Crippen LogP contribution is -2.12. The third-order valence-corrected chi connectivity index (χ3v) is 4.55. The van der Waals surface area contributed by atoms with Crippen LogP contribution >= 0.6 is 0 Å². The predicted molar refractivity (Wildman–Crippen MR) is 106 cm³/mol. The van der Waals surface area contributed by atoms with Crippen LogP contribution in [0.5, 0.6) is 0 Å². The van der Waals surface area contributed by atoms with Crippen LogP contribution in [0.1, 0.15) is 29.0 Å². The van der Waals surface area contributed by atoms with Crippen molar-refractivity contribution in [1.29, 1.82) is 0 Å². The van der Waals surface area contributed by atoms with Gasteiger partial charge < -0.3 is 10.1 Å². The molecule has 2 aromatic carbocycles. The van der Waals surface area contributed by atoms with Crippen molar-refractivity contribution in [1.82, 2.24) is 4.98 Å². The maximum atomic E-state index is 9.60. The lowest BCUT2D eigenvalue weighted by Gasteiger charge is -2.20. The van der Waals surface area contributed by atoms with Gasteiger partial charge in [0.15, 0.2) is 0 Å². The fraction of sp³-hybridized carbons (Fsp3) is 0.182. The molecule has 0 aliphatic carbocycles. The first-order valence-corrected chi connectivity index (χ1v) is 8.62. The van der Waals surface area contributed by atoms with Crippen molar-refractivity contribution in [3.05, 3.63) is 95.8 Å². The molecule has 4 heteroatoms. The van der Waals surface area contributed by atoms with E-state index in [-0.39, 0.29) is 5.92 Å². The van der Waals surface area contributed by atoms with Gasteiger partial charge in [-0.15, -0.1) is 0 Å². The number of rotatable bonds is 6. The molecule has 0 radical (unpaired) electrons. The van der Waals surface area contributed by atoms with Gasteiger partial charge in [-0.25, -0.2) is 0 Å². The van der Waals surface area contributed by atoms with Crippen molar-refractivity contribution in [3.8, 4) is 0 Å². The summed E-state index contributed by atoms with van der Waals surface area (Å²) in [4.78, 5) is 6.12. The highest BCUT2D eigenvalue weighted by molar-refractivity contribution is 6.00. The number of anilines is 1.